The van der Waals surface area contributed by atoms with Crippen molar-refractivity contribution >= 4 is 33.4 Å². The highest BCUT2D eigenvalue weighted by Gasteiger charge is 2.14. The Labute approximate surface area is 117 Å². The summed E-state index contributed by atoms with van der Waals surface area (Å²) in [6.07, 6.45) is 2.41. The van der Waals surface area contributed by atoms with E-state index in [0.29, 0.717) is 16.7 Å². The topological polar surface area (TPSA) is 107 Å². The van der Waals surface area contributed by atoms with Crippen LogP contribution in [0.2, 0.25) is 0 Å². The monoisotopic (exact) mass is 329 g/mol. The molecule has 1 rings (SSSR count). The van der Waals surface area contributed by atoms with Gasteiger partial charge in [0.1, 0.15) is 12.3 Å². The summed E-state index contributed by atoms with van der Waals surface area (Å²) in [5.74, 6) is 0. The molecule has 0 aliphatic heterocycles. The zero-order chi connectivity index (χ0) is 14.3. The van der Waals surface area contributed by atoms with E-state index in [1.54, 1.807) is 24.3 Å². The van der Waals surface area contributed by atoms with Gasteiger partial charge in [0, 0.05) is 17.1 Å². The predicted octanol–water partition coefficient (Wildman–Crippen LogP) is 2.42. The lowest BCUT2D eigenvalue weighted by Crippen LogP contribution is -2.12. The Hall–Kier alpha value is -2.09. The van der Waals surface area contributed by atoms with Crippen molar-refractivity contribution in [2.24, 2.45) is 5.73 Å². The second kappa shape index (κ2) is 7.37. The minimum absolute atomic E-state index is 0.0174. The molecule has 0 fully saturated rings. The summed E-state index contributed by atoms with van der Waals surface area (Å²) in [6, 6.07) is 4.70. The first-order valence-corrected chi connectivity index (χ1v) is 6.05. The first-order valence-electron chi connectivity index (χ1n) is 5.26. The molecule has 0 spiro atoms. The number of primary amides is 1. The smallest absolute Gasteiger partial charge is 0.404 e. The number of benzene rings is 1. The quantitative estimate of drug-likeness (QED) is 0.473. The van der Waals surface area contributed by atoms with Gasteiger partial charge in [-0.3, -0.25) is 10.1 Å². The number of nitro benzene ring substituents is 1. The highest BCUT2D eigenvalue weighted by atomic mass is 79.9. The summed E-state index contributed by atoms with van der Waals surface area (Å²) in [5.41, 5.74) is 5.16. The molecule has 0 aliphatic carbocycles. The van der Waals surface area contributed by atoms with Crippen LogP contribution in [0.5, 0.6) is 0 Å². The summed E-state index contributed by atoms with van der Waals surface area (Å²) < 4.78 is 5.09. The Morgan fingerprint density at radius 1 is 1.53 bits per heavy atom. The number of anilines is 1. The first-order chi connectivity index (χ1) is 9.02. The van der Waals surface area contributed by atoms with Crippen LogP contribution in [0.15, 0.2) is 34.8 Å². The maximum atomic E-state index is 10.8. The van der Waals surface area contributed by atoms with Gasteiger partial charge in [-0.15, -0.1) is 0 Å². The number of nitrogens with zero attached hydrogens (tertiary/aromatic N) is 1. The van der Waals surface area contributed by atoms with Gasteiger partial charge < -0.3 is 15.8 Å². The van der Waals surface area contributed by atoms with Crippen LogP contribution in [0, 0.1) is 10.1 Å². The van der Waals surface area contributed by atoms with E-state index in [9.17, 15) is 14.9 Å². The number of nitro groups is 1. The van der Waals surface area contributed by atoms with Crippen LogP contribution in [0.4, 0.5) is 16.2 Å². The predicted molar refractivity (Wildman–Crippen MR) is 74.0 cm³/mol. The SMILES string of the molecule is NC(=O)OC/C=C/CNc1c(Br)cccc1[N+](=O)[O-]. The van der Waals surface area contributed by atoms with E-state index in [1.807, 2.05) is 0 Å². The number of hydrogen-bond donors (Lipinski definition) is 2. The number of para-hydroxylation sites is 1. The number of ether oxygens (including phenoxy) is 1. The van der Waals surface area contributed by atoms with Gasteiger partial charge in [0.15, 0.2) is 0 Å². The second-order valence-corrected chi connectivity index (χ2v) is 4.23. The van der Waals surface area contributed by atoms with Crippen LogP contribution in [-0.4, -0.2) is 24.2 Å². The molecule has 3 N–H and O–H groups in total. The van der Waals surface area contributed by atoms with Gasteiger partial charge in [0.2, 0.25) is 0 Å². The van der Waals surface area contributed by atoms with E-state index in [0.717, 1.165) is 0 Å². The Bertz CT molecular complexity index is 505. The number of carbonyl (C=O) groups is 1. The third kappa shape index (κ3) is 4.96. The van der Waals surface area contributed by atoms with Crippen LogP contribution >= 0.6 is 15.9 Å². The molecule has 1 amide bonds. The van der Waals surface area contributed by atoms with Crippen molar-refractivity contribution in [1.82, 2.24) is 0 Å². The maximum absolute atomic E-state index is 10.8. The van der Waals surface area contributed by atoms with Crippen molar-refractivity contribution in [3.63, 3.8) is 0 Å². The molecule has 102 valence electrons. The highest BCUT2D eigenvalue weighted by molar-refractivity contribution is 9.10. The third-order valence-corrected chi connectivity index (χ3v) is 2.73. The summed E-state index contributed by atoms with van der Waals surface area (Å²) in [7, 11) is 0. The number of rotatable bonds is 6. The fraction of sp³-hybridized carbons (Fsp3) is 0.182. The summed E-state index contributed by atoms with van der Waals surface area (Å²) in [6.45, 7) is 0.417. The standard InChI is InChI=1S/C11H12BrN3O4/c12-8-4-3-5-9(15(17)18)10(8)14-6-1-2-7-19-11(13)16/h1-5,14H,6-7H2,(H2,13,16)/b2-1+. The second-order valence-electron chi connectivity index (χ2n) is 3.37. The van der Waals surface area contributed by atoms with Crippen LogP contribution in [0.25, 0.3) is 0 Å². The molecule has 19 heavy (non-hydrogen) atoms. The Morgan fingerprint density at radius 2 is 2.26 bits per heavy atom. The van der Waals surface area contributed by atoms with Gasteiger partial charge in [0.25, 0.3) is 5.69 Å². The van der Waals surface area contributed by atoms with E-state index in [4.69, 9.17) is 5.73 Å². The number of carbonyl (C=O) groups excluding carboxylic acids is 1. The van der Waals surface area contributed by atoms with Crippen molar-refractivity contribution in [3.05, 3.63) is 44.9 Å². The van der Waals surface area contributed by atoms with Crippen LogP contribution in [0.1, 0.15) is 0 Å². The average molecular weight is 330 g/mol. The van der Waals surface area contributed by atoms with Crippen molar-refractivity contribution in [3.8, 4) is 0 Å². The highest BCUT2D eigenvalue weighted by Crippen LogP contribution is 2.31. The minimum atomic E-state index is -0.848. The lowest BCUT2D eigenvalue weighted by Gasteiger charge is -2.06. The number of amides is 1. The largest absolute Gasteiger partial charge is 0.445 e. The molecule has 0 atom stereocenters. The number of nitrogens with two attached hydrogens (primary N) is 1. The maximum Gasteiger partial charge on any atom is 0.404 e. The van der Waals surface area contributed by atoms with Gasteiger partial charge >= 0.3 is 6.09 Å². The molecule has 0 heterocycles. The summed E-state index contributed by atoms with van der Waals surface area (Å²) in [4.78, 5) is 20.7. The van der Waals surface area contributed by atoms with Gasteiger partial charge in [-0.25, -0.2) is 4.79 Å². The van der Waals surface area contributed by atoms with Crippen LogP contribution in [0.3, 0.4) is 0 Å². The molecule has 8 heteroatoms. The van der Waals surface area contributed by atoms with E-state index in [1.165, 1.54) is 6.07 Å². The van der Waals surface area contributed by atoms with E-state index in [-0.39, 0.29) is 12.3 Å². The average Bonchev–Trinajstić information content (AvgIpc) is 2.34. The molecule has 0 aliphatic rings. The van der Waals surface area contributed by atoms with E-state index in [2.05, 4.69) is 26.0 Å². The van der Waals surface area contributed by atoms with Crippen LogP contribution < -0.4 is 11.1 Å². The third-order valence-electron chi connectivity index (χ3n) is 2.07. The zero-order valence-corrected chi connectivity index (χ0v) is 11.4. The minimum Gasteiger partial charge on any atom is -0.445 e. The fourth-order valence-corrected chi connectivity index (χ4v) is 1.78. The number of hydrogen-bond acceptors (Lipinski definition) is 5. The van der Waals surface area contributed by atoms with Gasteiger partial charge in [0.05, 0.1) is 4.92 Å². The van der Waals surface area contributed by atoms with Crippen molar-refractivity contribution in [1.29, 1.82) is 0 Å². The summed E-state index contributed by atoms with van der Waals surface area (Å²) in [5, 5.41) is 13.7. The number of nitrogens with one attached hydrogen (secondary N) is 1. The molecule has 7 nitrogen and oxygen atoms in total. The molecule has 0 bridgehead atoms. The molecule has 1 aromatic rings. The Balaban J connectivity index is 2.58. The molecule has 0 radical (unpaired) electrons. The molecule has 0 saturated carbocycles. The van der Waals surface area contributed by atoms with Crippen molar-refractivity contribution in [2.45, 2.75) is 0 Å². The summed E-state index contributed by atoms with van der Waals surface area (Å²) >= 11 is 3.24. The van der Waals surface area contributed by atoms with Crippen LogP contribution in [-0.2, 0) is 4.74 Å². The molecular formula is C11H12BrN3O4. The molecule has 0 aromatic heterocycles. The lowest BCUT2D eigenvalue weighted by molar-refractivity contribution is -0.384. The molecule has 0 unspecified atom stereocenters. The van der Waals surface area contributed by atoms with Gasteiger partial charge in [-0.05, 0) is 28.1 Å². The first kappa shape index (κ1) is 15.0. The number of halogens is 1. The molecular weight excluding hydrogens is 318 g/mol. The van der Waals surface area contributed by atoms with Gasteiger partial charge in [-0.1, -0.05) is 12.1 Å². The van der Waals surface area contributed by atoms with Crippen molar-refractivity contribution in [2.75, 3.05) is 18.5 Å². The zero-order valence-electron chi connectivity index (χ0n) is 9.84. The Morgan fingerprint density at radius 3 is 2.89 bits per heavy atom. The molecule has 0 saturated heterocycles. The lowest BCUT2D eigenvalue weighted by atomic mass is 10.2. The normalized spacial score (nSPS) is 10.4. The van der Waals surface area contributed by atoms with E-state index >= 15 is 0 Å². The Kier molecular flexibility index (Phi) is 5.80. The molecule has 1 aromatic carbocycles. The van der Waals surface area contributed by atoms with Gasteiger partial charge in [-0.2, -0.15) is 0 Å². The van der Waals surface area contributed by atoms with Crippen molar-refractivity contribution < 1.29 is 14.5 Å². The van der Waals surface area contributed by atoms with E-state index < -0.39 is 11.0 Å². The fourth-order valence-electron chi connectivity index (χ4n) is 1.28.